The Balaban J connectivity index is 1.99. The minimum Gasteiger partial charge on any atom is -0.465 e. The van der Waals surface area contributed by atoms with Crippen LogP contribution in [0.5, 0.6) is 0 Å². The second kappa shape index (κ2) is 7.58. The van der Waals surface area contributed by atoms with E-state index in [0.717, 1.165) is 23.1 Å². The van der Waals surface area contributed by atoms with Crippen LogP contribution in [-0.4, -0.2) is 54.7 Å². The molecule has 2 N–H and O–H groups in total. The molecule has 26 heavy (non-hydrogen) atoms. The topological polar surface area (TPSA) is 72.9 Å². The van der Waals surface area contributed by atoms with E-state index in [0.29, 0.717) is 19.6 Å². The molecule has 0 spiro atoms. The van der Waals surface area contributed by atoms with Crippen molar-refractivity contribution < 1.29 is 14.7 Å². The van der Waals surface area contributed by atoms with Gasteiger partial charge in [0.1, 0.15) is 11.9 Å². The minimum atomic E-state index is -1.02. The third kappa shape index (κ3) is 3.28. The molecule has 0 saturated carbocycles. The van der Waals surface area contributed by atoms with Crippen molar-refractivity contribution in [2.45, 2.75) is 12.1 Å². The van der Waals surface area contributed by atoms with E-state index in [2.05, 4.69) is 28.4 Å². The van der Waals surface area contributed by atoms with E-state index in [1.54, 1.807) is 7.05 Å². The molecule has 2 aromatic rings. The lowest BCUT2D eigenvalue weighted by Gasteiger charge is -2.49. The van der Waals surface area contributed by atoms with Gasteiger partial charge in [-0.1, -0.05) is 48.5 Å². The van der Waals surface area contributed by atoms with Gasteiger partial charge in [-0.2, -0.15) is 0 Å². The van der Waals surface area contributed by atoms with Crippen molar-refractivity contribution in [2.75, 3.05) is 31.6 Å². The molecule has 1 heterocycles. The van der Waals surface area contributed by atoms with Crippen LogP contribution in [0.15, 0.2) is 54.6 Å². The number of carboxylic acid groups (broad SMARTS) is 1. The zero-order chi connectivity index (χ0) is 18.6. The molecular weight excluding hydrogens is 330 g/mol. The van der Waals surface area contributed by atoms with Crippen LogP contribution in [0, 0.1) is 0 Å². The number of nitrogens with one attached hydrogen (secondary N) is 1. The van der Waals surface area contributed by atoms with Crippen LogP contribution in [-0.2, 0) is 4.79 Å². The Labute approximate surface area is 153 Å². The number of carbonyl (C=O) groups is 2. The van der Waals surface area contributed by atoms with E-state index < -0.39 is 11.8 Å². The standard InChI is InChI=1S/C20H23N3O3/c1-21-20(11-14-24)15-22(12-13-23(20)19(25)26)18-10-6-5-9-17(18)16-7-3-2-4-8-16/h2-10,14,21H,11-13,15H2,1H3,(H,25,26). The molecular formula is C20H23N3O3. The fraction of sp³-hybridized carbons (Fsp3) is 0.300. The molecule has 1 saturated heterocycles. The molecule has 1 fully saturated rings. The second-order valence-corrected chi connectivity index (χ2v) is 6.39. The number of anilines is 1. The third-order valence-electron chi connectivity index (χ3n) is 5.01. The Morgan fingerprint density at radius 2 is 1.85 bits per heavy atom. The first-order chi connectivity index (χ1) is 12.6. The van der Waals surface area contributed by atoms with Crippen molar-refractivity contribution in [3.63, 3.8) is 0 Å². The molecule has 0 radical (unpaired) electrons. The number of piperazine rings is 1. The maximum absolute atomic E-state index is 11.7. The molecule has 2 aromatic carbocycles. The van der Waals surface area contributed by atoms with Crippen molar-refractivity contribution >= 4 is 18.1 Å². The van der Waals surface area contributed by atoms with Gasteiger partial charge in [0, 0.05) is 30.8 Å². The predicted molar refractivity (Wildman–Crippen MR) is 101 cm³/mol. The molecule has 6 heteroatoms. The van der Waals surface area contributed by atoms with Crippen LogP contribution in [0.1, 0.15) is 6.42 Å². The first-order valence-electron chi connectivity index (χ1n) is 8.64. The van der Waals surface area contributed by atoms with E-state index in [4.69, 9.17) is 0 Å². The molecule has 6 nitrogen and oxygen atoms in total. The highest BCUT2D eigenvalue weighted by Gasteiger charge is 2.43. The van der Waals surface area contributed by atoms with Crippen LogP contribution in [0.25, 0.3) is 11.1 Å². The van der Waals surface area contributed by atoms with E-state index in [-0.39, 0.29) is 6.42 Å². The van der Waals surface area contributed by atoms with Crippen molar-refractivity contribution in [1.82, 2.24) is 10.2 Å². The van der Waals surface area contributed by atoms with Gasteiger partial charge in [0.05, 0.1) is 6.54 Å². The molecule has 1 amide bonds. The Morgan fingerprint density at radius 1 is 1.15 bits per heavy atom. The third-order valence-corrected chi connectivity index (χ3v) is 5.01. The molecule has 136 valence electrons. The van der Waals surface area contributed by atoms with Crippen molar-refractivity contribution in [1.29, 1.82) is 0 Å². The fourth-order valence-electron chi connectivity index (χ4n) is 3.64. The highest BCUT2D eigenvalue weighted by molar-refractivity contribution is 5.79. The van der Waals surface area contributed by atoms with Crippen molar-refractivity contribution in [3.8, 4) is 11.1 Å². The highest BCUT2D eigenvalue weighted by Crippen LogP contribution is 2.34. The molecule has 1 atom stereocenters. The van der Waals surface area contributed by atoms with Gasteiger partial charge in [-0.15, -0.1) is 0 Å². The number of likely N-dealkylation sites (N-methyl/N-ethyl adjacent to an activating group) is 1. The van der Waals surface area contributed by atoms with E-state index in [1.165, 1.54) is 4.90 Å². The largest absolute Gasteiger partial charge is 0.465 e. The van der Waals surface area contributed by atoms with Crippen LogP contribution >= 0.6 is 0 Å². The summed E-state index contributed by atoms with van der Waals surface area (Å²) < 4.78 is 0. The smallest absolute Gasteiger partial charge is 0.408 e. The summed E-state index contributed by atoms with van der Waals surface area (Å²) >= 11 is 0. The van der Waals surface area contributed by atoms with Gasteiger partial charge in [0.15, 0.2) is 0 Å². The summed E-state index contributed by atoms with van der Waals surface area (Å²) in [6, 6.07) is 18.2. The lowest BCUT2D eigenvalue weighted by atomic mass is 9.97. The summed E-state index contributed by atoms with van der Waals surface area (Å²) in [6.45, 7) is 1.30. The maximum atomic E-state index is 11.7. The van der Waals surface area contributed by atoms with E-state index in [1.807, 2.05) is 36.4 Å². The molecule has 1 unspecified atom stereocenters. The number of amides is 1. The average Bonchev–Trinajstić information content (AvgIpc) is 2.68. The highest BCUT2D eigenvalue weighted by atomic mass is 16.4. The maximum Gasteiger partial charge on any atom is 0.408 e. The number of carbonyl (C=O) groups excluding carboxylic acids is 1. The van der Waals surface area contributed by atoms with Gasteiger partial charge in [0.2, 0.25) is 0 Å². The number of aldehydes is 1. The normalized spacial score (nSPS) is 20.0. The number of hydrogen-bond donors (Lipinski definition) is 2. The van der Waals surface area contributed by atoms with Gasteiger partial charge in [-0.25, -0.2) is 4.79 Å². The van der Waals surface area contributed by atoms with Gasteiger partial charge in [-0.3, -0.25) is 10.2 Å². The van der Waals surface area contributed by atoms with Crippen molar-refractivity contribution in [2.24, 2.45) is 0 Å². The molecule has 3 rings (SSSR count). The quantitative estimate of drug-likeness (QED) is 0.809. The number of hydrogen-bond acceptors (Lipinski definition) is 4. The number of nitrogens with zero attached hydrogens (tertiary/aromatic N) is 2. The van der Waals surface area contributed by atoms with E-state index >= 15 is 0 Å². The average molecular weight is 353 g/mol. The lowest BCUT2D eigenvalue weighted by Crippen LogP contribution is -2.70. The second-order valence-electron chi connectivity index (χ2n) is 6.39. The van der Waals surface area contributed by atoms with Gasteiger partial charge >= 0.3 is 6.09 Å². The van der Waals surface area contributed by atoms with E-state index in [9.17, 15) is 14.7 Å². The summed E-state index contributed by atoms with van der Waals surface area (Å²) in [6.07, 6.45) is -0.143. The summed E-state index contributed by atoms with van der Waals surface area (Å²) in [5.74, 6) is 0. The Morgan fingerprint density at radius 3 is 2.50 bits per heavy atom. The predicted octanol–water partition coefficient (Wildman–Crippen LogP) is 2.66. The molecule has 0 aromatic heterocycles. The number of para-hydroxylation sites is 1. The number of benzene rings is 2. The van der Waals surface area contributed by atoms with Gasteiger partial charge in [0.25, 0.3) is 0 Å². The fourth-order valence-corrected chi connectivity index (χ4v) is 3.64. The molecule has 0 bridgehead atoms. The molecule has 0 aliphatic carbocycles. The molecule has 1 aliphatic heterocycles. The van der Waals surface area contributed by atoms with Gasteiger partial charge < -0.3 is 14.8 Å². The van der Waals surface area contributed by atoms with Crippen LogP contribution < -0.4 is 10.2 Å². The molecule has 1 aliphatic rings. The zero-order valence-electron chi connectivity index (χ0n) is 14.8. The van der Waals surface area contributed by atoms with Crippen LogP contribution in [0.2, 0.25) is 0 Å². The first kappa shape index (κ1) is 17.9. The Bertz CT molecular complexity index is 781. The SMILES string of the molecule is CNC1(CC=O)CN(c2ccccc2-c2ccccc2)CCN1C(=O)O. The first-order valence-corrected chi connectivity index (χ1v) is 8.64. The van der Waals surface area contributed by atoms with Crippen LogP contribution in [0.3, 0.4) is 0 Å². The van der Waals surface area contributed by atoms with Crippen molar-refractivity contribution in [3.05, 3.63) is 54.6 Å². The minimum absolute atomic E-state index is 0.0970. The van der Waals surface area contributed by atoms with Crippen LogP contribution in [0.4, 0.5) is 10.5 Å². The Kier molecular flexibility index (Phi) is 5.23. The summed E-state index contributed by atoms with van der Waals surface area (Å²) in [5, 5.41) is 12.7. The summed E-state index contributed by atoms with van der Waals surface area (Å²) in [4.78, 5) is 26.4. The van der Waals surface area contributed by atoms with Gasteiger partial charge in [-0.05, 0) is 18.7 Å². The monoisotopic (exact) mass is 353 g/mol. The Hall–Kier alpha value is -2.86. The lowest BCUT2D eigenvalue weighted by molar-refractivity contribution is -0.110. The number of rotatable bonds is 5. The summed E-state index contributed by atoms with van der Waals surface area (Å²) in [7, 11) is 1.70. The summed E-state index contributed by atoms with van der Waals surface area (Å²) in [5.41, 5.74) is 2.30. The zero-order valence-corrected chi connectivity index (χ0v) is 14.8.